The minimum atomic E-state index is -0.287. The van der Waals surface area contributed by atoms with Crippen LogP contribution in [0.3, 0.4) is 0 Å². The zero-order valence-corrected chi connectivity index (χ0v) is 17.7. The van der Waals surface area contributed by atoms with E-state index in [1.54, 1.807) is 18.2 Å². The first-order chi connectivity index (χ1) is 13.4. The molecule has 0 heterocycles. The Bertz CT molecular complexity index is 796. The van der Waals surface area contributed by atoms with Gasteiger partial charge < -0.3 is 20.7 Å². The first kappa shape index (κ1) is 21.8. The van der Waals surface area contributed by atoms with Gasteiger partial charge in [0.15, 0.2) is 0 Å². The second-order valence-electron chi connectivity index (χ2n) is 6.73. The molecule has 0 unspecified atom stereocenters. The van der Waals surface area contributed by atoms with E-state index >= 15 is 0 Å². The second kappa shape index (κ2) is 11.3. The molecule has 0 saturated carbocycles. The first-order valence-corrected chi connectivity index (χ1v) is 10.0. The molecule has 0 bridgehead atoms. The molecule has 3 N–H and O–H groups in total. The SMILES string of the molecule is CC(C)COc1cccc(CNC(=O)NCCNC(=O)c2cccc(Br)c2)c1. The van der Waals surface area contributed by atoms with E-state index in [-0.39, 0.29) is 11.9 Å². The van der Waals surface area contributed by atoms with E-state index < -0.39 is 0 Å². The van der Waals surface area contributed by atoms with Gasteiger partial charge >= 0.3 is 6.03 Å². The van der Waals surface area contributed by atoms with Crippen LogP contribution in [0.2, 0.25) is 0 Å². The van der Waals surface area contributed by atoms with Crippen LogP contribution in [0.15, 0.2) is 53.0 Å². The van der Waals surface area contributed by atoms with E-state index in [1.807, 2.05) is 30.3 Å². The Balaban J connectivity index is 1.66. The molecular weight excluding hydrogens is 422 g/mol. The van der Waals surface area contributed by atoms with Crippen molar-refractivity contribution >= 4 is 27.9 Å². The molecule has 7 heteroatoms. The maximum Gasteiger partial charge on any atom is 0.315 e. The number of hydrogen-bond acceptors (Lipinski definition) is 3. The number of halogens is 1. The summed E-state index contributed by atoms with van der Waals surface area (Å²) < 4.78 is 6.53. The zero-order chi connectivity index (χ0) is 20.4. The van der Waals surface area contributed by atoms with E-state index in [4.69, 9.17) is 4.74 Å². The summed E-state index contributed by atoms with van der Waals surface area (Å²) in [5, 5.41) is 8.28. The highest BCUT2D eigenvalue weighted by molar-refractivity contribution is 9.10. The summed E-state index contributed by atoms with van der Waals surface area (Å²) in [4.78, 5) is 23.9. The number of benzene rings is 2. The molecule has 0 aliphatic rings. The van der Waals surface area contributed by atoms with Crippen LogP contribution < -0.4 is 20.7 Å². The van der Waals surface area contributed by atoms with Gasteiger partial charge in [-0.1, -0.05) is 48.0 Å². The summed E-state index contributed by atoms with van der Waals surface area (Å²) in [6.07, 6.45) is 0. The Morgan fingerprint density at radius 3 is 2.50 bits per heavy atom. The van der Waals surface area contributed by atoms with Crippen molar-refractivity contribution in [2.45, 2.75) is 20.4 Å². The van der Waals surface area contributed by atoms with Crippen molar-refractivity contribution in [2.24, 2.45) is 5.92 Å². The fourth-order valence-corrected chi connectivity index (χ4v) is 2.74. The summed E-state index contributed by atoms with van der Waals surface area (Å²) in [6.45, 7) is 5.92. The second-order valence-corrected chi connectivity index (χ2v) is 7.64. The number of ether oxygens (including phenoxy) is 1. The monoisotopic (exact) mass is 447 g/mol. The molecule has 2 rings (SSSR count). The third-order valence-electron chi connectivity index (χ3n) is 3.72. The molecule has 150 valence electrons. The van der Waals surface area contributed by atoms with Crippen molar-refractivity contribution in [3.05, 3.63) is 64.1 Å². The molecule has 0 fully saturated rings. The fourth-order valence-electron chi connectivity index (χ4n) is 2.34. The standard InChI is InChI=1S/C21H26BrN3O3/c1-15(2)14-28-19-8-3-5-16(11-19)13-25-21(27)24-10-9-23-20(26)17-6-4-7-18(22)12-17/h3-8,11-12,15H,9-10,13-14H2,1-2H3,(H,23,26)(H2,24,25,27). The predicted molar refractivity (Wildman–Crippen MR) is 113 cm³/mol. The van der Waals surface area contributed by atoms with E-state index in [0.717, 1.165) is 15.8 Å². The molecule has 0 radical (unpaired) electrons. The molecule has 0 aliphatic heterocycles. The fraction of sp³-hybridized carbons (Fsp3) is 0.333. The lowest BCUT2D eigenvalue weighted by Crippen LogP contribution is -2.40. The van der Waals surface area contributed by atoms with Gasteiger partial charge in [0.2, 0.25) is 0 Å². The smallest absolute Gasteiger partial charge is 0.315 e. The lowest BCUT2D eigenvalue weighted by Gasteiger charge is -2.11. The van der Waals surface area contributed by atoms with Crippen molar-refractivity contribution < 1.29 is 14.3 Å². The molecule has 0 aromatic heterocycles. The third-order valence-corrected chi connectivity index (χ3v) is 4.21. The molecule has 28 heavy (non-hydrogen) atoms. The summed E-state index contributed by atoms with van der Waals surface area (Å²) in [7, 11) is 0. The van der Waals surface area contributed by atoms with Gasteiger partial charge in [-0.25, -0.2) is 4.79 Å². The average molecular weight is 448 g/mol. The maximum atomic E-state index is 12.0. The highest BCUT2D eigenvalue weighted by Gasteiger charge is 2.06. The van der Waals surface area contributed by atoms with E-state index in [1.165, 1.54) is 0 Å². The van der Waals surface area contributed by atoms with Gasteiger partial charge in [0.1, 0.15) is 5.75 Å². The van der Waals surface area contributed by atoms with Gasteiger partial charge in [0.05, 0.1) is 6.61 Å². The van der Waals surface area contributed by atoms with Gasteiger partial charge in [0, 0.05) is 29.7 Å². The van der Waals surface area contributed by atoms with Crippen molar-refractivity contribution in [2.75, 3.05) is 19.7 Å². The number of hydrogen-bond donors (Lipinski definition) is 3. The Kier molecular flexibility index (Phi) is 8.81. The van der Waals surface area contributed by atoms with Crippen LogP contribution >= 0.6 is 15.9 Å². The van der Waals surface area contributed by atoms with E-state index in [9.17, 15) is 9.59 Å². The molecule has 0 atom stereocenters. The van der Waals surface area contributed by atoms with Crippen LogP contribution in [0.1, 0.15) is 29.8 Å². The molecule has 0 saturated heterocycles. The third kappa shape index (κ3) is 8.00. The van der Waals surface area contributed by atoms with Crippen molar-refractivity contribution in [3.8, 4) is 5.75 Å². The number of nitrogens with one attached hydrogen (secondary N) is 3. The topological polar surface area (TPSA) is 79.5 Å². The normalized spacial score (nSPS) is 10.4. The summed E-state index contributed by atoms with van der Waals surface area (Å²) in [5.74, 6) is 1.07. The molecule has 2 aromatic carbocycles. The molecule has 0 spiro atoms. The van der Waals surface area contributed by atoms with Gasteiger partial charge in [-0.15, -0.1) is 0 Å². The number of carbonyl (C=O) groups excluding carboxylic acids is 2. The van der Waals surface area contributed by atoms with Crippen molar-refractivity contribution in [1.29, 1.82) is 0 Å². The van der Waals surface area contributed by atoms with Crippen molar-refractivity contribution in [3.63, 3.8) is 0 Å². The van der Waals surface area contributed by atoms with Crippen LogP contribution in [0, 0.1) is 5.92 Å². The largest absolute Gasteiger partial charge is 0.493 e. The zero-order valence-electron chi connectivity index (χ0n) is 16.1. The maximum absolute atomic E-state index is 12.0. The summed E-state index contributed by atoms with van der Waals surface area (Å²) >= 11 is 3.33. The highest BCUT2D eigenvalue weighted by atomic mass is 79.9. The molecule has 2 aromatic rings. The van der Waals surface area contributed by atoms with Gasteiger partial charge in [-0.3, -0.25) is 4.79 Å². The Hall–Kier alpha value is -2.54. The lowest BCUT2D eigenvalue weighted by molar-refractivity contribution is 0.0953. The molecule has 3 amide bonds. The minimum absolute atomic E-state index is 0.179. The number of urea groups is 1. The van der Waals surface area contributed by atoms with Crippen LogP contribution in [0.5, 0.6) is 5.75 Å². The number of rotatable bonds is 9. The van der Waals surface area contributed by atoms with Crippen LogP contribution in [-0.4, -0.2) is 31.6 Å². The van der Waals surface area contributed by atoms with E-state index in [2.05, 4.69) is 45.7 Å². The van der Waals surface area contributed by atoms with E-state index in [0.29, 0.717) is 37.7 Å². The summed E-state index contributed by atoms with van der Waals surface area (Å²) in [5.41, 5.74) is 1.53. The highest BCUT2D eigenvalue weighted by Crippen LogP contribution is 2.14. The minimum Gasteiger partial charge on any atom is -0.493 e. The average Bonchev–Trinajstić information content (AvgIpc) is 2.68. The van der Waals surface area contributed by atoms with Crippen LogP contribution in [-0.2, 0) is 6.54 Å². The Labute approximate surface area is 174 Å². The van der Waals surface area contributed by atoms with Crippen LogP contribution in [0.25, 0.3) is 0 Å². The predicted octanol–water partition coefficient (Wildman–Crippen LogP) is 3.71. The molecular formula is C21H26BrN3O3. The number of amides is 3. The van der Waals surface area contributed by atoms with Gasteiger partial charge in [0.25, 0.3) is 5.91 Å². The number of carbonyl (C=O) groups is 2. The quantitative estimate of drug-likeness (QED) is 0.512. The molecule has 0 aliphatic carbocycles. The van der Waals surface area contributed by atoms with Gasteiger partial charge in [-0.05, 0) is 41.8 Å². The van der Waals surface area contributed by atoms with Crippen molar-refractivity contribution in [1.82, 2.24) is 16.0 Å². The Morgan fingerprint density at radius 1 is 1.00 bits per heavy atom. The first-order valence-electron chi connectivity index (χ1n) is 9.21. The molecule has 6 nitrogen and oxygen atoms in total. The lowest BCUT2D eigenvalue weighted by atomic mass is 10.2. The van der Waals surface area contributed by atoms with Crippen LogP contribution in [0.4, 0.5) is 4.79 Å². The summed E-state index contributed by atoms with van der Waals surface area (Å²) in [6, 6.07) is 14.5. The Morgan fingerprint density at radius 2 is 1.75 bits per heavy atom. The van der Waals surface area contributed by atoms with Gasteiger partial charge in [-0.2, -0.15) is 0 Å².